The Hall–Kier alpha value is -0.610. The van der Waals surface area contributed by atoms with Crippen LogP contribution in [-0.2, 0) is 9.53 Å². The van der Waals surface area contributed by atoms with E-state index in [0.717, 1.165) is 0 Å². The van der Waals surface area contributed by atoms with E-state index in [-0.39, 0.29) is 5.97 Å². The van der Waals surface area contributed by atoms with Crippen LogP contribution in [0.15, 0.2) is 0 Å². The summed E-state index contributed by atoms with van der Waals surface area (Å²) in [6.45, 7) is 8.94. The fraction of sp³-hybridized carbons (Fsp3) is 0.923. The van der Waals surface area contributed by atoms with Crippen molar-refractivity contribution in [1.29, 1.82) is 0 Å². The molecule has 0 bridgehead atoms. The quantitative estimate of drug-likeness (QED) is 0.760. The number of likely N-dealkylation sites (tertiary alicyclic amines) is 1. The molecule has 4 nitrogen and oxygen atoms in total. The van der Waals surface area contributed by atoms with E-state index in [9.17, 15) is 4.79 Å². The molecular formula is C13H26N2O2. The van der Waals surface area contributed by atoms with Crippen LogP contribution in [0.2, 0.25) is 0 Å². The average molecular weight is 242 g/mol. The maximum atomic E-state index is 11.8. The van der Waals surface area contributed by atoms with Crippen LogP contribution in [0, 0.1) is 0 Å². The molecule has 100 valence electrons. The first-order valence-electron chi connectivity index (χ1n) is 6.60. The van der Waals surface area contributed by atoms with Crippen LogP contribution in [0.5, 0.6) is 0 Å². The minimum Gasteiger partial charge on any atom is -0.465 e. The minimum absolute atomic E-state index is 0.301. The van der Waals surface area contributed by atoms with E-state index in [2.05, 4.69) is 18.7 Å². The molecule has 1 aliphatic heterocycles. The molecule has 0 saturated carbocycles. The van der Waals surface area contributed by atoms with Crippen molar-refractivity contribution >= 4 is 5.97 Å². The lowest BCUT2D eigenvalue weighted by molar-refractivity contribution is -0.150. The van der Waals surface area contributed by atoms with E-state index in [1.54, 1.807) is 13.8 Å². The van der Waals surface area contributed by atoms with Crippen LogP contribution in [0.4, 0.5) is 0 Å². The van der Waals surface area contributed by atoms with E-state index >= 15 is 0 Å². The summed E-state index contributed by atoms with van der Waals surface area (Å²) in [5.74, 6) is -0.301. The SMILES string of the molecule is CCOC(=O)C(C)(N)CN1[C@H](C)CCC[C@@H]1C. The van der Waals surface area contributed by atoms with E-state index in [1.807, 2.05) is 0 Å². The lowest BCUT2D eigenvalue weighted by Gasteiger charge is -2.42. The molecule has 1 fully saturated rings. The molecule has 17 heavy (non-hydrogen) atoms. The second kappa shape index (κ2) is 5.83. The number of carbonyl (C=O) groups excluding carboxylic acids is 1. The molecule has 1 unspecified atom stereocenters. The molecule has 1 rings (SSSR count). The second-order valence-corrected chi connectivity index (χ2v) is 5.44. The van der Waals surface area contributed by atoms with Gasteiger partial charge in [-0.05, 0) is 40.5 Å². The van der Waals surface area contributed by atoms with Gasteiger partial charge in [0.25, 0.3) is 0 Å². The summed E-state index contributed by atoms with van der Waals surface area (Å²) in [6.07, 6.45) is 3.63. The second-order valence-electron chi connectivity index (χ2n) is 5.44. The zero-order chi connectivity index (χ0) is 13.1. The van der Waals surface area contributed by atoms with Crippen molar-refractivity contribution in [2.45, 2.75) is 64.6 Å². The Kier molecular flexibility index (Phi) is 4.95. The van der Waals surface area contributed by atoms with Crippen LogP contribution in [0.1, 0.15) is 47.0 Å². The lowest BCUT2D eigenvalue weighted by atomic mass is 9.93. The molecule has 2 N–H and O–H groups in total. The van der Waals surface area contributed by atoms with E-state index in [0.29, 0.717) is 25.2 Å². The van der Waals surface area contributed by atoms with Gasteiger partial charge in [0.05, 0.1) is 6.61 Å². The molecule has 1 saturated heterocycles. The normalized spacial score (nSPS) is 29.7. The molecular weight excluding hydrogens is 216 g/mol. The highest BCUT2D eigenvalue weighted by Gasteiger charge is 2.36. The Morgan fingerprint density at radius 3 is 2.41 bits per heavy atom. The summed E-state index contributed by atoms with van der Waals surface area (Å²) in [7, 11) is 0. The summed E-state index contributed by atoms with van der Waals surface area (Å²) >= 11 is 0. The van der Waals surface area contributed by atoms with E-state index < -0.39 is 5.54 Å². The largest absolute Gasteiger partial charge is 0.465 e. The highest BCUT2D eigenvalue weighted by molar-refractivity contribution is 5.80. The fourth-order valence-electron chi connectivity index (χ4n) is 2.53. The summed E-state index contributed by atoms with van der Waals surface area (Å²) in [5.41, 5.74) is 5.18. The van der Waals surface area contributed by atoms with Crippen molar-refractivity contribution in [3.8, 4) is 0 Å². The van der Waals surface area contributed by atoms with Gasteiger partial charge in [0.15, 0.2) is 0 Å². The number of nitrogens with zero attached hydrogens (tertiary/aromatic N) is 1. The fourth-order valence-corrected chi connectivity index (χ4v) is 2.53. The van der Waals surface area contributed by atoms with Gasteiger partial charge in [-0.2, -0.15) is 0 Å². The van der Waals surface area contributed by atoms with Gasteiger partial charge in [-0.15, -0.1) is 0 Å². The van der Waals surface area contributed by atoms with Gasteiger partial charge >= 0.3 is 5.97 Å². The molecule has 0 aromatic carbocycles. The predicted molar refractivity (Wildman–Crippen MR) is 68.7 cm³/mol. The minimum atomic E-state index is -0.907. The number of nitrogens with two attached hydrogens (primary N) is 1. The third-order valence-corrected chi connectivity index (χ3v) is 3.63. The Labute approximate surface area is 104 Å². The average Bonchev–Trinajstić information content (AvgIpc) is 2.24. The number of hydrogen-bond acceptors (Lipinski definition) is 4. The zero-order valence-corrected chi connectivity index (χ0v) is 11.5. The summed E-state index contributed by atoms with van der Waals surface area (Å²) in [6, 6.07) is 0.993. The monoisotopic (exact) mass is 242 g/mol. The molecule has 0 aromatic rings. The first-order valence-corrected chi connectivity index (χ1v) is 6.60. The Morgan fingerprint density at radius 2 is 1.94 bits per heavy atom. The standard InChI is InChI=1S/C13H26N2O2/c1-5-17-12(16)13(4,14)9-15-10(2)7-6-8-11(15)3/h10-11H,5-9,14H2,1-4H3/t10-,11+,13?. The summed E-state index contributed by atoms with van der Waals surface area (Å²) < 4.78 is 5.03. The maximum absolute atomic E-state index is 11.8. The molecule has 0 aliphatic carbocycles. The number of hydrogen-bond donors (Lipinski definition) is 1. The number of carbonyl (C=O) groups is 1. The molecule has 0 spiro atoms. The number of ether oxygens (including phenoxy) is 1. The topological polar surface area (TPSA) is 55.6 Å². The molecule has 1 aliphatic rings. The maximum Gasteiger partial charge on any atom is 0.327 e. The number of piperidine rings is 1. The van der Waals surface area contributed by atoms with Crippen molar-refractivity contribution < 1.29 is 9.53 Å². The van der Waals surface area contributed by atoms with Gasteiger partial charge in [0.1, 0.15) is 5.54 Å². The lowest BCUT2D eigenvalue weighted by Crippen LogP contribution is -2.58. The molecule has 0 radical (unpaired) electrons. The van der Waals surface area contributed by atoms with Crippen molar-refractivity contribution in [2.75, 3.05) is 13.2 Å². The third-order valence-electron chi connectivity index (χ3n) is 3.63. The van der Waals surface area contributed by atoms with E-state index in [1.165, 1.54) is 19.3 Å². The summed E-state index contributed by atoms with van der Waals surface area (Å²) in [4.78, 5) is 14.1. The van der Waals surface area contributed by atoms with Crippen molar-refractivity contribution in [3.63, 3.8) is 0 Å². The molecule has 0 aromatic heterocycles. The van der Waals surface area contributed by atoms with Gasteiger partial charge in [0, 0.05) is 18.6 Å². The predicted octanol–water partition coefficient (Wildman–Crippen LogP) is 1.53. The summed E-state index contributed by atoms with van der Waals surface area (Å²) in [5, 5.41) is 0. The first-order chi connectivity index (χ1) is 7.88. The van der Waals surface area contributed by atoms with Crippen molar-refractivity contribution in [2.24, 2.45) is 5.73 Å². The Balaban J connectivity index is 2.64. The van der Waals surface area contributed by atoms with Crippen LogP contribution in [0.3, 0.4) is 0 Å². The highest BCUT2D eigenvalue weighted by atomic mass is 16.5. The molecule has 1 heterocycles. The van der Waals surface area contributed by atoms with E-state index in [4.69, 9.17) is 10.5 Å². The van der Waals surface area contributed by atoms with Crippen molar-refractivity contribution in [1.82, 2.24) is 4.90 Å². The van der Waals surface area contributed by atoms with Gasteiger partial charge in [-0.25, -0.2) is 0 Å². The van der Waals surface area contributed by atoms with Crippen LogP contribution in [-0.4, -0.2) is 41.6 Å². The van der Waals surface area contributed by atoms with Crippen molar-refractivity contribution in [3.05, 3.63) is 0 Å². The molecule has 4 heteroatoms. The van der Waals surface area contributed by atoms with Gasteiger partial charge in [-0.3, -0.25) is 9.69 Å². The van der Waals surface area contributed by atoms with Crippen LogP contribution in [0.25, 0.3) is 0 Å². The number of rotatable bonds is 4. The first kappa shape index (κ1) is 14.5. The molecule has 0 amide bonds. The zero-order valence-electron chi connectivity index (χ0n) is 11.5. The van der Waals surface area contributed by atoms with Gasteiger partial charge in [0.2, 0.25) is 0 Å². The third kappa shape index (κ3) is 3.68. The van der Waals surface area contributed by atoms with Crippen LogP contribution >= 0.6 is 0 Å². The number of esters is 1. The van der Waals surface area contributed by atoms with Crippen LogP contribution < -0.4 is 5.73 Å². The highest BCUT2D eigenvalue weighted by Crippen LogP contribution is 2.24. The Morgan fingerprint density at radius 1 is 1.41 bits per heavy atom. The smallest absolute Gasteiger partial charge is 0.327 e. The van der Waals surface area contributed by atoms with Gasteiger partial charge < -0.3 is 10.5 Å². The van der Waals surface area contributed by atoms with Gasteiger partial charge in [-0.1, -0.05) is 6.42 Å². The molecule has 3 atom stereocenters. The Bertz CT molecular complexity index is 256.